The zero-order valence-corrected chi connectivity index (χ0v) is 16.6. The van der Waals surface area contributed by atoms with E-state index in [1.807, 2.05) is 4.90 Å². The lowest BCUT2D eigenvalue weighted by molar-refractivity contribution is -0.145. The molecule has 1 spiro atoms. The Balaban J connectivity index is 1.37. The first-order chi connectivity index (χ1) is 13.5. The minimum atomic E-state index is -0.426. The Labute approximate surface area is 165 Å². The number of hydrogen-bond acceptors (Lipinski definition) is 4. The zero-order chi connectivity index (χ0) is 19.5. The van der Waals surface area contributed by atoms with Crippen LogP contribution in [0.1, 0.15) is 77.2 Å². The summed E-state index contributed by atoms with van der Waals surface area (Å²) in [5, 5.41) is 0. The molecular weight excluding hydrogens is 356 g/mol. The maximum Gasteiger partial charge on any atom is 0.258 e. The summed E-state index contributed by atoms with van der Waals surface area (Å²) in [6.07, 6.45) is 7.05. The van der Waals surface area contributed by atoms with Gasteiger partial charge in [0.25, 0.3) is 5.91 Å². The van der Waals surface area contributed by atoms with Gasteiger partial charge in [0.2, 0.25) is 5.91 Å². The van der Waals surface area contributed by atoms with Crippen LogP contribution >= 0.6 is 0 Å². The van der Waals surface area contributed by atoms with E-state index in [4.69, 9.17) is 4.42 Å². The SMILES string of the molecule is Cc1oc2c(c1C(=O)N1CC[C@@]3(CCCN(CC4CC4)C3=O)C1)C(=O)CCC2. The summed E-state index contributed by atoms with van der Waals surface area (Å²) in [5.41, 5.74) is 0.514. The molecule has 0 unspecified atom stereocenters. The Bertz CT molecular complexity index is 853. The van der Waals surface area contributed by atoms with E-state index in [2.05, 4.69) is 0 Å². The van der Waals surface area contributed by atoms with Crippen molar-refractivity contribution in [2.24, 2.45) is 11.3 Å². The number of carbonyl (C=O) groups is 3. The number of piperidine rings is 1. The van der Waals surface area contributed by atoms with Crippen LogP contribution in [-0.4, -0.2) is 53.6 Å². The third-order valence-corrected chi connectivity index (χ3v) is 7.10. The lowest BCUT2D eigenvalue weighted by Crippen LogP contribution is -2.51. The lowest BCUT2D eigenvalue weighted by Gasteiger charge is -2.39. The number of rotatable bonds is 3. The van der Waals surface area contributed by atoms with Crippen molar-refractivity contribution in [2.45, 2.75) is 58.3 Å². The maximum absolute atomic E-state index is 13.3. The van der Waals surface area contributed by atoms with E-state index in [0.29, 0.717) is 54.5 Å². The molecule has 150 valence electrons. The van der Waals surface area contributed by atoms with Crippen LogP contribution in [0.2, 0.25) is 0 Å². The molecule has 3 fully saturated rings. The Morgan fingerprint density at radius 2 is 1.96 bits per heavy atom. The highest BCUT2D eigenvalue weighted by Gasteiger charge is 2.50. The normalized spacial score (nSPS) is 27.6. The third-order valence-electron chi connectivity index (χ3n) is 7.10. The van der Waals surface area contributed by atoms with Gasteiger partial charge in [0, 0.05) is 39.0 Å². The van der Waals surface area contributed by atoms with E-state index in [1.54, 1.807) is 11.8 Å². The molecule has 0 bridgehead atoms. The summed E-state index contributed by atoms with van der Waals surface area (Å²) in [7, 11) is 0. The Morgan fingerprint density at radius 3 is 2.75 bits per heavy atom. The second-order valence-corrected chi connectivity index (χ2v) is 9.16. The molecule has 1 atom stereocenters. The molecule has 5 rings (SSSR count). The minimum absolute atomic E-state index is 0.0136. The van der Waals surface area contributed by atoms with E-state index < -0.39 is 5.41 Å². The number of ketones is 1. The minimum Gasteiger partial charge on any atom is -0.465 e. The highest BCUT2D eigenvalue weighted by molar-refractivity contribution is 6.10. The molecule has 6 nitrogen and oxygen atoms in total. The number of carbonyl (C=O) groups excluding carboxylic acids is 3. The summed E-state index contributed by atoms with van der Waals surface area (Å²) in [5.74, 6) is 2.00. The molecule has 2 aliphatic carbocycles. The summed E-state index contributed by atoms with van der Waals surface area (Å²) < 4.78 is 5.77. The van der Waals surface area contributed by atoms with Gasteiger partial charge in [-0.3, -0.25) is 14.4 Å². The molecule has 1 aromatic rings. The van der Waals surface area contributed by atoms with Crippen LogP contribution in [0, 0.1) is 18.3 Å². The van der Waals surface area contributed by atoms with E-state index in [0.717, 1.165) is 38.8 Å². The van der Waals surface area contributed by atoms with Gasteiger partial charge in [-0.25, -0.2) is 0 Å². The third kappa shape index (κ3) is 2.80. The van der Waals surface area contributed by atoms with Crippen LogP contribution in [0.5, 0.6) is 0 Å². The second-order valence-electron chi connectivity index (χ2n) is 9.16. The highest BCUT2D eigenvalue weighted by atomic mass is 16.3. The fraction of sp³-hybridized carbons (Fsp3) is 0.682. The van der Waals surface area contributed by atoms with E-state index in [1.165, 1.54) is 12.8 Å². The Hall–Kier alpha value is -2.11. The quantitative estimate of drug-likeness (QED) is 0.803. The predicted molar refractivity (Wildman–Crippen MR) is 102 cm³/mol. The number of likely N-dealkylation sites (tertiary alicyclic amines) is 2. The average molecular weight is 384 g/mol. The van der Waals surface area contributed by atoms with Gasteiger partial charge in [-0.05, 0) is 51.4 Å². The monoisotopic (exact) mass is 384 g/mol. The van der Waals surface area contributed by atoms with Crippen molar-refractivity contribution >= 4 is 17.6 Å². The van der Waals surface area contributed by atoms with Crippen molar-refractivity contribution < 1.29 is 18.8 Å². The van der Waals surface area contributed by atoms with E-state index in [9.17, 15) is 14.4 Å². The first-order valence-corrected chi connectivity index (χ1v) is 10.7. The van der Waals surface area contributed by atoms with Gasteiger partial charge in [0.1, 0.15) is 11.5 Å². The summed E-state index contributed by atoms with van der Waals surface area (Å²) in [6, 6.07) is 0. The number of furan rings is 1. The van der Waals surface area contributed by atoms with Crippen LogP contribution < -0.4 is 0 Å². The first-order valence-electron chi connectivity index (χ1n) is 10.7. The highest BCUT2D eigenvalue weighted by Crippen LogP contribution is 2.42. The number of aryl methyl sites for hydroxylation is 2. The van der Waals surface area contributed by atoms with Crippen molar-refractivity contribution in [3.63, 3.8) is 0 Å². The fourth-order valence-corrected chi connectivity index (χ4v) is 5.39. The van der Waals surface area contributed by atoms with Crippen molar-refractivity contribution in [3.8, 4) is 0 Å². The number of amides is 2. The standard InChI is InChI=1S/C22H28N2O4/c1-14-18(19-16(25)4-2-5-17(19)28-14)20(26)24-11-9-22(13-24)8-3-10-23(21(22)27)12-15-6-7-15/h15H,2-13H2,1H3/t22-/m0/s1. The molecule has 2 aliphatic heterocycles. The summed E-state index contributed by atoms with van der Waals surface area (Å²) >= 11 is 0. The molecule has 2 amide bonds. The van der Waals surface area contributed by atoms with Crippen molar-refractivity contribution in [3.05, 3.63) is 22.6 Å². The van der Waals surface area contributed by atoms with Crippen LogP contribution in [0.3, 0.4) is 0 Å². The number of fused-ring (bicyclic) bond motifs is 1. The smallest absolute Gasteiger partial charge is 0.258 e. The average Bonchev–Trinajstić information content (AvgIpc) is 3.27. The van der Waals surface area contributed by atoms with Gasteiger partial charge in [-0.15, -0.1) is 0 Å². The molecule has 0 aromatic carbocycles. The van der Waals surface area contributed by atoms with Crippen molar-refractivity contribution in [2.75, 3.05) is 26.2 Å². The van der Waals surface area contributed by atoms with Crippen molar-refractivity contribution in [1.29, 1.82) is 0 Å². The van der Waals surface area contributed by atoms with Gasteiger partial charge in [0.05, 0.1) is 16.5 Å². The molecule has 28 heavy (non-hydrogen) atoms. The molecule has 0 radical (unpaired) electrons. The van der Waals surface area contributed by atoms with Crippen LogP contribution in [0.25, 0.3) is 0 Å². The van der Waals surface area contributed by atoms with Crippen molar-refractivity contribution in [1.82, 2.24) is 9.80 Å². The van der Waals surface area contributed by atoms with Gasteiger partial charge in [-0.1, -0.05) is 0 Å². The summed E-state index contributed by atoms with van der Waals surface area (Å²) in [6.45, 7) is 4.56. The summed E-state index contributed by atoms with van der Waals surface area (Å²) in [4.78, 5) is 42.9. The van der Waals surface area contributed by atoms with Crippen LogP contribution in [-0.2, 0) is 11.2 Å². The molecule has 3 heterocycles. The lowest BCUT2D eigenvalue weighted by atomic mass is 9.78. The molecule has 6 heteroatoms. The van der Waals surface area contributed by atoms with E-state index >= 15 is 0 Å². The predicted octanol–water partition coefficient (Wildman–Crippen LogP) is 2.97. The van der Waals surface area contributed by atoms with Gasteiger partial charge < -0.3 is 14.2 Å². The Kier molecular flexibility index (Phi) is 4.14. The van der Waals surface area contributed by atoms with Crippen LogP contribution in [0.4, 0.5) is 0 Å². The largest absolute Gasteiger partial charge is 0.465 e. The zero-order valence-electron chi connectivity index (χ0n) is 16.6. The number of hydrogen-bond donors (Lipinski definition) is 0. The molecule has 1 saturated carbocycles. The van der Waals surface area contributed by atoms with E-state index in [-0.39, 0.29) is 17.6 Å². The number of Topliss-reactive ketones (excluding diaryl/α,β-unsaturated/α-hetero) is 1. The molecule has 0 N–H and O–H groups in total. The van der Waals surface area contributed by atoms with Crippen LogP contribution in [0.15, 0.2) is 4.42 Å². The molecule has 2 saturated heterocycles. The van der Waals surface area contributed by atoms with Gasteiger partial charge in [0.15, 0.2) is 5.78 Å². The fourth-order valence-electron chi connectivity index (χ4n) is 5.39. The molecule has 1 aromatic heterocycles. The topological polar surface area (TPSA) is 70.8 Å². The second kappa shape index (κ2) is 6.46. The first kappa shape index (κ1) is 18.0. The molecule has 4 aliphatic rings. The molecular formula is C22H28N2O4. The Morgan fingerprint density at radius 1 is 1.14 bits per heavy atom. The number of nitrogens with zero attached hydrogens (tertiary/aromatic N) is 2. The van der Waals surface area contributed by atoms with Gasteiger partial charge in [-0.2, -0.15) is 0 Å². The van der Waals surface area contributed by atoms with Gasteiger partial charge >= 0.3 is 0 Å². The maximum atomic E-state index is 13.3.